The molecule has 0 fully saturated rings. The third kappa shape index (κ3) is 1.83. The van der Waals surface area contributed by atoms with E-state index < -0.39 is 0 Å². The topological polar surface area (TPSA) is 17.0 Å². The first-order valence-corrected chi connectivity index (χ1v) is 16.1. The van der Waals surface area contributed by atoms with Crippen LogP contribution in [0.2, 0.25) is 0 Å². The molecule has 1 spiro atoms. The van der Waals surface area contributed by atoms with Crippen molar-refractivity contribution in [2.45, 2.75) is 19.6 Å². The Morgan fingerprint density at radius 3 is 1.50 bits per heavy atom. The largest absolute Gasteiger partial charge is 0.444 e. The predicted octanol–water partition coefficient (Wildman–Crippen LogP) is 2.48. The smallest absolute Gasteiger partial charge is 0.345 e. The van der Waals surface area contributed by atoms with Gasteiger partial charge in [0, 0.05) is 63.1 Å². The number of rotatable bonds is 0. The zero-order valence-corrected chi connectivity index (χ0v) is 23.6. The Kier molecular flexibility index (Phi) is 3.07. The number of benzene rings is 4. The van der Waals surface area contributed by atoms with Crippen molar-refractivity contribution in [3.05, 3.63) is 97.3 Å². The van der Waals surface area contributed by atoms with Crippen molar-refractivity contribution in [2.75, 3.05) is 0 Å². The lowest BCUT2D eigenvalue weighted by molar-refractivity contribution is -1.03. The van der Waals surface area contributed by atoms with E-state index in [1.54, 1.807) is 0 Å². The molecule has 7 aliphatic heterocycles. The van der Waals surface area contributed by atoms with Crippen LogP contribution in [-0.2, 0) is 0 Å². The summed E-state index contributed by atoms with van der Waals surface area (Å²) in [7, 11) is 0. The molecule has 0 saturated heterocycles. The van der Waals surface area contributed by atoms with Crippen molar-refractivity contribution in [2.24, 2.45) is 0 Å². The fourth-order valence-electron chi connectivity index (χ4n) is 9.41. The van der Waals surface area contributed by atoms with E-state index in [4.69, 9.17) is 4.74 Å². The molecule has 9 heterocycles. The summed E-state index contributed by atoms with van der Waals surface area (Å²) >= 11 is 3.85. The molecule has 0 amide bonds. The summed E-state index contributed by atoms with van der Waals surface area (Å²) in [5, 5.41) is 0. The highest BCUT2D eigenvalue weighted by Gasteiger charge is 2.75. The maximum Gasteiger partial charge on any atom is 0.345 e. The number of aromatic nitrogens is 2. The first-order chi connectivity index (χ1) is 20.8. The lowest BCUT2D eigenvalue weighted by Gasteiger charge is -2.40. The first-order valence-electron chi connectivity index (χ1n) is 14.5. The SMILES string of the molecule is c1cc2c3c(c1)-c1ccc[n+]4c1B3c1c(ccc3c1[N+]41c4c(ccc5c4B4c6c(cccc6-c6ccc[n+]1c64)S5)O3)S2. The van der Waals surface area contributed by atoms with Gasteiger partial charge in [-0.1, -0.05) is 47.8 Å². The molecular formula is C34H16B2N3OS2+3. The first kappa shape index (κ1) is 20.6. The van der Waals surface area contributed by atoms with Gasteiger partial charge in [-0.3, -0.25) is 0 Å². The maximum absolute atomic E-state index is 6.98. The summed E-state index contributed by atoms with van der Waals surface area (Å²) in [6.07, 6.45) is 4.66. The molecule has 0 atom stereocenters. The molecule has 4 nitrogen and oxygen atoms in total. The Balaban J connectivity index is 1.32. The number of pyridine rings is 2. The lowest BCUT2D eigenvalue weighted by Crippen LogP contribution is -2.98. The standard InChI is InChI=1S/C34H16B2N3OS2/c1-5-17-19-7-3-15-37-33(19)35-27(17)23(9-1)41-25-13-11-21-31(29(25)35)39(37)32-22(40-21)12-14-26-30(32)36-28-18(6-2-10-24(28)42-26)20-8-4-16-38(39)34(20)36/h1-16H/q+3. The fraction of sp³-hybridized carbons (Fsp3) is 0. The van der Waals surface area contributed by atoms with E-state index in [-0.39, 0.29) is 13.4 Å². The molecule has 188 valence electrons. The van der Waals surface area contributed by atoms with Crippen molar-refractivity contribution in [1.82, 2.24) is 4.70 Å². The van der Waals surface area contributed by atoms with E-state index in [9.17, 15) is 0 Å². The minimum Gasteiger partial charge on any atom is -0.444 e. The van der Waals surface area contributed by atoms with E-state index in [0.717, 1.165) is 11.5 Å². The van der Waals surface area contributed by atoms with Gasteiger partial charge >= 0.3 is 24.8 Å². The Hall–Kier alpha value is -4.23. The summed E-state index contributed by atoms with van der Waals surface area (Å²) in [6.45, 7) is 0.389. The fourth-order valence-corrected chi connectivity index (χ4v) is 11.8. The second-order valence-corrected chi connectivity index (χ2v) is 14.3. The Labute approximate surface area is 249 Å². The van der Waals surface area contributed by atoms with Crippen LogP contribution in [0, 0.1) is 0 Å². The summed E-state index contributed by atoms with van der Waals surface area (Å²) in [4.78, 5) is 5.44. The minimum absolute atomic E-state index is 0.195. The third-order valence-electron chi connectivity index (χ3n) is 10.6. The number of fused-ring (bicyclic) bond motifs is 2. The van der Waals surface area contributed by atoms with Gasteiger partial charge in [-0.15, -0.1) is 0 Å². The molecular weight excluding hydrogens is 552 g/mol. The van der Waals surface area contributed by atoms with E-state index in [0.29, 0.717) is 4.70 Å². The average molecular weight is 568 g/mol. The number of hydrogen-bond donors (Lipinski definition) is 0. The molecule has 0 N–H and O–H groups in total. The van der Waals surface area contributed by atoms with Crippen LogP contribution in [0.15, 0.2) is 117 Å². The van der Waals surface area contributed by atoms with Crippen molar-refractivity contribution in [1.29, 1.82) is 0 Å². The molecule has 13 rings (SSSR count). The van der Waals surface area contributed by atoms with E-state index in [1.807, 2.05) is 23.5 Å². The minimum atomic E-state index is 0.195. The molecule has 2 aromatic heterocycles. The molecule has 4 aromatic carbocycles. The number of nitrogens with zero attached hydrogens (tertiary/aromatic N) is 3. The Bertz CT molecular complexity index is 2270. The molecule has 42 heavy (non-hydrogen) atoms. The lowest BCUT2D eigenvalue weighted by atomic mass is 9.38. The third-order valence-corrected chi connectivity index (χ3v) is 12.9. The van der Waals surface area contributed by atoms with Crippen molar-refractivity contribution < 1.29 is 14.1 Å². The van der Waals surface area contributed by atoms with Crippen LogP contribution in [0.5, 0.6) is 11.5 Å². The zero-order valence-electron chi connectivity index (χ0n) is 22.0. The summed E-state index contributed by atoms with van der Waals surface area (Å²) in [5.41, 5.74) is 16.5. The average Bonchev–Trinajstić information content (AvgIpc) is 3.56. The summed E-state index contributed by atoms with van der Waals surface area (Å²) in [6, 6.07) is 32.0. The molecule has 0 unspecified atom stereocenters. The quantitative estimate of drug-likeness (QED) is 0.159. The van der Waals surface area contributed by atoms with Gasteiger partial charge in [0.25, 0.3) is 0 Å². The van der Waals surface area contributed by atoms with Gasteiger partial charge in [0.2, 0.25) is 35.1 Å². The van der Waals surface area contributed by atoms with Gasteiger partial charge in [-0.25, -0.2) is 0 Å². The van der Waals surface area contributed by atoms with Crippen LogP contribution in [0.25, 0.3) is 22.3 Å². The van der Waals surface area contributed by atoms with Crippen LogP contribution < -0.4 is 51.8 Å². The van der Waals surface area contributed by atoms with Crippen LogP contribution in [-0.4, -0.2) is 13.4 Å². The Morgan fingerprint density at radius 1 is 0.500 bits per heavy atom. The van der Waals surface area contributed by atoms with Crippen molar-refractivity contribution in [3.8, 4) is 33.8 Å². The molecule has 0 bridgehead atoms. The van der Waals surface area contributed by atoms with Crippen LogP contribution >= 0.6 is 23.5 Å². The van der Waals surface area contributed by atoms with Gasteiger partial charge in [-0.05, 0) is 70.6 Å². The zero-order chi connectivity index (χ0) is 26.6. The Morgan fingerprint density at radius 2 is 0.976 bits per heavy atom. The summed E-state index contributed by atoms with van der Waals surface area (Å²) in [5.74, 6) is 1.92. The van der Waals surface area contributed by atoms with Crippen LogP contribution in [0.3, 0.4) is 0 Å². The molecule has 7 aliphatic rings. The number of quaternary nitrogens is 1. The normalized spacial score (nSPS) is 17.1. The monoisotopic (exact) mass is 568 g/mol. The van der Waals surface area contributed by atoms with E-state index >= 15 is 0 Å². The van der Waals surface area contributed by atoms with Gasteiger partial charge < -0.3 is 4.74 Å². The summed E-state index contributed by atoms with van der Waals surface area (Å²) < 4.78 is 12.6. The van der Waals surface area contributed by atoms with E-state index in [2.05, 4.69) is 107 Å². The van der Waals surface area contributed by atoms with Crippen LogP contribution in [0.1, 0.15) is 0 Å². The molecule has 0 saturated carbocycles. The highest BCUT2D eigenvalue weighted by Crippen LogP contribution is 2.54. The van der Waals surface area contributed by atoms with E-state index in [1.165, 1.54) is 86.2 Å². The molecule has 0 aliphatic carbocycles. The van der Waals surface area contributed by atoms with Gasteiger partial charge in [-0.2, -0.15) is 0 Å². The maximum atomic E-state index is 6.98. The molecule has 8 heteroatoms. The van der Waals surface area contributed by atoms with Gasteiger partial charge in [0.1, 0.15) is 0 Å². The number of ether oxygens (including phenoxy) is 1. The second kappa shape index (κ2) is 6.25. The second-order valence-electron chi connectivity index (χ2n) is 12.2. The highest BCUT2D eigenvalue weighted by atomic mass is 32.2. The highest BCUT2D eigenvalue weighted by molar-refractivity contribution is 8.00. The van der Waals surface area contributed by atoms with Crippen molar-refractivity contribution in [3.63, 3.8) is 0 Å². The predicted molar refractivity (Wildman–Crippen MR) is 167 cm³/mol. The van der Waals surface area contributed by atoms with Gasteiger partial charge in [0.05, 0.1) is 0 Å². The van der Waals surface area contributed by atoms with Gasteiger partial charge in [0.15, 0.2) is 4.70 Å². The number of hydrogen-bond acceptors (Lipinski definition) is 3. The molecule has 0 radical (unpaired) electrons. The van der Waals surface area contributed by atoms with Crippen LogP contribution in [0.4, 0.5) is 11.4 Å². The molecule has 6 aromatic rings. The van der Waals surface area contributed by atoms with Crippen molar-refractivity contribution >= 4 is 81.4 Å².